The fourth-order valence-electron chi connectivity index (χ4n) is 3.24. The first-order chi connectivity index (χ1) is 12.0. The summed E-state index contributed by atoms with van der Waals surface area (Å²) < 4.78 is 0. The van der Waals surface area contributed by atoms with Gasteiger partial charge in [0.2, 0.25) is 5.91 Å². The quantitative estimate of drug-likeness (QED) is 0.855. The van der Waals surface area contributed by atoms with E-state index in [1.165, 1.54) is 15.3 Å². The van der Waals surface area contributed by atoms with Crippen LogP contribution in [-0.4, -0.2) is 24.4 Å². The molecule has 0 saturated carbocycles. The second-order valence-corrected chi connectivity index (χ2v) is 9.02. The zero-order valence-corrected chi connectivity index (χ0v) is 16.5. The summed E-state index contributed by atoms with van der Waals surface area (Å²) in [4.78, 5) is 17.0. The topological polar surface area (TPSA) is 56.1 Å². The van der Waals surface area contributed by atoms with E-state index in [2.05, 4.69) is 36.7 Å². The summed E-state index contributed by atoms with van der Waals surface area (Å²) in [5.74, 6) is 0.598. The van der Waals surface area contributed by atoms with Crippen LogP contribution >= 0.6 is 22.7 Å². The van der Waals surface area contributed by atoms with E-state index in [0.717, 1.165) is 36.4 Å². The van der Waals surface area contributed by atoms with Gasteiger partial charge in [-0.05, 0) is 61.7 Å². The number of nitrogens with zero attached hydrogens (tertiary/aromatic N) is 2. The van der Waals surface area contributed by atoms with Crippen LogP contribution in [0.4, 0.5) is 5.00 Å². The molecule has 3 rings (SSSR count). The molecule has 0 spiro atoms. The highest BCUT2D eigenvalue weighted by atomic mass is 32.1. The van der Waals surface area contributed by atoms with E-state index in [1.54, 1.807) is 22.7 Å². The first-order valence-electron chi connectivity index (χ1n) is 8.54. The zero-order chi connectivity index (χ0) is 18.0. The Morgan fingerprint density at radius 3 is 3.00 bits per heavy atom. The Morgan fingerprint density at radius 2 is 2.32 bits per heavy atom. The molecule has 1 aliphatic rings. The van der Waals surface area contributed by atoms with Crippen LogP contribution in [0.15, 0.2) is 11.4 Å². The molecule has 0 radical (unpaired) electrons. The number of carbonyl (C=O) groups is 1. The van der Waals surface area contributed by atoms with E-state index >= 15 is 0 Å². The molecule has 0 aromatic carbocycles. The number of hydrogen-bond donors (Lipinski definition) is 1. The molecule has 0 aliphatic heterocycles. The molecule has 0 saturated heterocycles. The molecule has 6 heteroatoms. The summed E-state index contributed by atoms with van der Waals surface area (Å²) in [5.41, 5.74) is 3.10. The Kier molecular flexibility index (Phi) is 5.57. The van der Waals surface area contributed by atoms with Crippen LogP contribution in [0, 0.1) is 24.2 Å². The molecule has 2 aromatic rings. The summed E-state index contributed by atoms with van der Waals surface area (Å²) in [6, 6.07) is 4.41. The van der Waals surface area contributed by atoms with E-state index in [9.17, 15) is 10.1 Å². The predicted molar refractivity (Wildman–Crippen MR) is 104 cm³/mol. The normalized spacial score (nSPS) is 16.5. The Labute approximate surface area is 157 Å². The molecule has 4 nitrogen and oxygen atoms in total. The number of aryl methyl sites for hydroxylation is 1. The summed E-state index contributed by atoms with van der Waals surface area (Å²) in [6.45, 7) is 5.42. The van der Waals surface area contributed by atoms with Gasteiger partial charge in [-0.2, -0.15) is 5.26 Å². The number of fused-ring (bicyclic) bond motifs is 1. The molecule has 132 valence electrons. The number of carbonyl (C=O) groups excluding carboxylic acids is 1. The molecular formula is C19H23N3OS2. The number of amides is 1. The number of thiophene rings is 2. The van der Waals surface area contributed by atoms with Crippen molar-refractivity contribution in [1.82, 2.24) is 4.90 Å². The third-order valence-corrected chi connectivity index (χ3v) is 6.85. The van der Waals surface area contributed by atoms with Crippen LogP contribution in [0.2, 0.25) is 0 Å². The molecular weight excluding hydrogens is 350 g/mol. The number of rotatable bonds is 5. The van der Waals surface area contributed by atoms with Crippen molar-refractivity contribution < 1.29 is 4.79 Å². The van der Waals surface area contributed by atoms with E-state index < -0.39 is 0 Å². The van der Waals surface area contributed by atoms with Crippen LogP contribution < -0.4 is 5.32 Å². The summed E-state index contributed by atoms with van der Waals surface area (Å²) in [6.07, 6.45) is 3.08. The number of likely N-dealkylation sites (N-methyl/N-ethyl adjacent to an activating group) is 1. The minimum absolute atomic E-state index is 0.0557. The minimum Gasteiger partial charge on any atom is -0.315 e. The molecule has 0 bridgehead atoms. The summed E-state index contributed by atoms with van der Waals surface area (Å²) in [7, 11) is 1.95. The monoisotopic (exact) mass is 373 g/mol. The lowest BCUT2D eigenvalue weighted by Crippen LogP contribution is -2.29. The Balaban J connectivity index is 1.65. The van der Waals surface area contributed by atoms with Gasteiger partial charge in [0, 0.05) is 16.3 Å². The lowest BCUT2D eigenvalue weighted by Gasteiger charge is -2.17. The molecule has 1 N–H and O–H groups in total. The Hall–Kier alpha value is -1.68. The molecule has 25 heavy (non-hydrogen) atoms. The van der Waals surface area contributed by atoms with Crippen molar-refractivity contribution in [2.24, 2.45) is 5.92 Å². The number of nitriles is 1. The Bertz CT molecular complexity index is 815. The summed E-state index contributed by atoms with van der Waals surface area (Å²) >= 11 is 3.30. The van der Waals surface area contributed by atoms with Gasteiger partial charge < -0.3 is 5.32 Å². The van der Waals surface area contributed by atoms with Crippen molar-refractivity contribution in [3.05, 3.63) is 37.9 Å². The van der Waals surface area contributed by atoms with Crippen molar-refractivity contribution in [2.75, 3.05) is 18.9 Å². The van der Waals surface area contributed by atoms with Crippen LogP contribution in [0.3, 0.4) is 0 Å². The lowest BCUT2D eigenvalue weighted by atomic mass is 9.89. The summed E-state index contributed by atoms with van der Waals surface area (Å²) in [5, 5.41) is 15.3. The molecule has 1 amide bonds. The largest absolute Gasteiger partial charge is 0.315 e. The zero-order valence-electron chi connectivity index (χ0n) is 14.9. The van der Waals surface area contributed by atoms with Crippen molar-refractivity contribution in [2.45, 2.75) is 39.7 Å². The molecule has 0 fully saturated rings. The van der Waals surface area contributed by atoms with E-state index in [0.29, 0.717) is 18.0 Å². The van der Waals surface area contributed by atoms with Crippen LogP contribution in [0.5, 0.6) is 0 Å². The van der Waals surface area contributed by atoms with E-state index in [1.807, 2.05) is 11.9 Å². The van der Waals surface area contributed by atoms with Crippen LogP contribution in [0.25, 0.3) is 0 Å². The fraction of sp³-hybridized carbons (Fsp3) is 0.474. The molecule has 1 aliphatic carbocycles. The first-order valence-corrected chi connectivity index (χ1v) is 10.2. The van der Waals surface area contributed by atoms with Crippen molar-refractivity contribution in [1.29, 1.82) is 5.26 Å². The van der Waals surface area contributed by atoms with Crippen LogP contribution in [0.1, 0.15) is 39.8 Å². The van der Waals surface area contributed by atoms with Gasteiger partial charge in [-0.3, -0.25) is 9.69 Å². The van der Waals surface area contributed by atoms with Gasteiger partial charge in [-0.25, -0.2) is 0 Å². The third-order valence-electron chi connectivity index (χ3n) is 4.67. The van der Waals surface area contributed by atoms with Gasteiger partial charge in [-0.1, -0.05) is 6.92 Å². The second-order valence-electron chi connectivity index (χ2n) is 6.91. The van der Waals surface area contributed by atoms with Gasteiger partial charge in [-0.15, -0.1) is 22.7 Å². The van der Waals surface area contributed by atoms with Crippen molar-refractivity contribution >= 4 is 33.6 Å². The average molecular weight is 374 g/mol. The number of anilines is 1. The highest BCUT2D eigenvalue weighted by molar-refractivity contribution is 7.16. The van der Waals surface area contributed by atoms with Gasteiger partial charge in [0.25, 0.3) is 0 Å². The predicted octanol–water partition coefficient (Wildman–Crippen LogP) is 4.19. The first kappa shape index (κ1) is 18.1. The van der Waals surface area contributed by atoms with Gasteiger partial charge in [0.05, 0.1) is 12.1 Å². The lowest BCUT2D eigenvalue weighted by molar-refractivity contribution is -0.117. The van der Waals surface area contributed by atoms with Crippen LogP contribution in [-0.2, 0) is 24.2 Å². The maximum atomic E-state index is 12.4. The van der Waals surface area contributed by atoms with Crippen molar-refractivity contribution in [3.63, 3.8) is 0 Å². The molecule has 1 atom stereocenters. The fourth-order valence-corrected chi connectivity index (χ4v) is 5.60. The SMILES string of the molecule is Cc1ccsc1CN(C)CC(=O)Nc1sc2c(c1C#N)CC[C@@H](C)C2. The molecule has 2 aromatic heterocycles. The minimum atomic E-state index is -0.0557. The molecule has 0 unspecified atom stereocenters. The standard InChI is InChI=1S/C19H23N3OS2/c1-12-4-5-14-15(9-20)19(25-16(14)8-12)21-18(23)11-22(3)10-17-13(2)6-7-24-17/h6-7,12H,4-5,8,10-11H2,1-3H3,(H,21,23)/t12-/m1/s1. The van der Waals surface area contributed by atoms with Gasteiger partial charge >= 0.3 is 0 Å². The highest BCUT2D eigenvalue weighted by Crippen LogP contribution is 2.39. The van der Waals surface area contributed by atoms with Crippen molar-refractivity contribution in [3.8, 4) is 6.07 Å². The highest BCUT2D eigenvalue weighted by Gasteiger charge is 2.24. The van der Waals surface area contributed by atoms with E-state index in [-0.39, 0.29) is 5.91 Å². The third kappa shape index (κ3) is 4.12. The second kappa shape index (κ2) is 7.69. The van der Waals surface area contributed by atoms with Gasteiger partial charge in [0.1, 0.15) is 11.1 Å². The maximum absolute atomic E-state index is 12.4. The Morgan fingerprint density at radius 1 is 1.52 bits per heavy atom. The smallest absolute Gasteiger partial charge is 0.239 e. The van der Waals surface area contributed by atoms with E-state index in [4.69, 9.17) is 0 Å². The number of nitrogens with one attached hydrogen (secondary N) is 1. The average Bonchev–Trinajstić information content (AvgIpc) is 3.09. The number of hydrogen-bond acceptors (Lipinski definition) is 5. The van der Waals surface area contributed by atoms with Gasteiger partial charge in [0.15, 0.2) is 0 Å². The molecule has 2 heterocycles. The maximum Gasteiger partial charge on any atom is 0.239 e.